The van der Waals surface area contributed by atoms with E-state index in [4.69, 9.17) is 5.73 Å². The van der Waals surface area contributed by atoms with Crippen LogP contribution in [0.25, 0.3) is 11.1 Å². The topological polar surface area (TPSA) is 43.8 Å². The summed E-state index contributed by atoms with van der Waals surface area (Å²) in [5.74, 6) is 0.954. The molecule has 1 aromatic carbocycles. The summed E-state index contributed by atoms with van der Waals surface area (Å²) in [5, 5.41) is 4.40. The van der Waals surface area contributed by atoms with Gasteiger partial charge < -0.3 is 5.73 Å². The lowest BCUT2D eigenvalue weighted by molar-refractivity contribution is 0.547. The van der Waals surface area contributed by atoms with Gasteiger partial charge in [0.1, 0.15) is 0 Å². The molecule has 0 radical (unpaired) electrons. The van der Waals surface area contributed by atoms with Crippen LogP contribution in [-0.2, 0) is 6.54 Å². The molecule has 0 amide bonds. The van der Waals surface area contributed by atoms with Gasteiger partial charge in [0, 0.05) is 24.0 Å². The van der Waals surface area contributed by atoms with E-state index >= 15 is 0 Å². The Morgan fingerprint density at radius 1 is 1.29 bits per heavy atom. The number of benzene rings is 1. The fourth-order valence-corrected chi connectivity index (χ4v) is 2.07. The Morgan fingerprint density at radius 3 is 2.94 bits per heavy atom. The molecule has 1 heterocycles. The van der Waals surface area contributed by atoms with Gasteiger partial charge in [0.15, 0.2) is 0 Å². The van der Waals surface area contributed by atoms with Gasteiger partial charge in [0.25, 0.3) is 0 Å². The van der Waals surface area contributed by atoms with Crippen LogP contribution < -0.4 is 5.73 Å². The normalized spacial score (nSPS) is 15.1. The van der Waals surface area contributed by atoms with Crippen LogP contribution >= 0.6 is 0 Å². The molecule has 1 saturated carbocycles. The van der Waals surface area contributed by atoms with Crippen molar-refractivity contribution < 1.29 is 0 Å². The van der Waals surface area contributed by atoms with Crippen LogP contribution in [-0.4, -0.2) is 9.78 Å². The van der Waals surface area contributed by atoms with E-state index in [-0.39, 0.29) is 0 Å². The van der Waals surface area contributed by atoms with E-state index in [1.165, 1.54) is 19.3 Å². The molecule has 1 fully saturated rings. The quantitative estimate of drug-likeness (QED) is 0.816. The fraction of sp³-hybridized carbons (Fsp3) is 0.357. The summed E-state index contributed by atoms with van der Waals surface area (Å²) in [6, 6.07) is 7.94. The molecule has 1 aliphatic rings. The van der Waals surface area contributed by atoms with E-state index in [0.717, 1.165) is 29.3 Å². The first-order chi connectivity index (χ1) is 8.31. The summed E-state index contributed by atoms with van der Waals surface area (Å²) in [6.07, 6.45) is 8.10. The van der Waals surface area contributed by atoms with Gasteiger partial charge in [-0.25, -0.2) is 0 Å². The second-order valence-corrected chi connectivity index (χ2v) is 4.85. The van der Waals surface area contributed by atoms with E-state index in [1.54, 1.807) is 0 Å². The first-order valence-electron chi connectivity index (χ1n) is 6.19. The van der Waals surface area contributed by atoms with Gasteiger partial charge in [-0.15, -0.1) is 0 Å². The number of hydrogen-bond donors (Lipinski definition) is 1. The van der Waals surface area contributed by atoms with Crippen molar-refractivity contribution in [3.8, 4) is 11.1 Å². The van der Waals surface area contributed by atoms with Crippen molar-refractivity contribution in [1.82, 2.24) is 9.78 Å². The highest BCUT2D eigenvalue weighted by molar-refractivity contribution is 5.65. The van der Waals surface area contributed by atoms with Gasteiger partial charge in [0.05, 0.1) is 6.20 Å². The van der Waals surface area contributed by atoms with Crippen LogP contribution in [0.5, 0.6) is 0 Å². The molecule has 0 unspecified atom stereocenters. The van der Waals surface area contributed by atoms with Gasteiger partial charge in [-0.3, -0.25) is 4.68 Å². The van der Waals surface area contributed by atoms with E-state index in [9.17, 15) is 0 Å². The molecule has 2 aromatic rings. The summed E-state index contributed by atoms with van der Waals surface area (Å²) < 4.78 is 2.04. The van der Waals surface area contributed by atoms with Crippen LogP contribution in [0.2, 0.25) is 0 Å². The molecule has 0 spiro atoms. The number of nitrogens with two attached hydrogens (primary N) is 1. The zero-order valence-corrected chi connectivity index (χ0v) is 9.84. The largest absolute Gasteiger partial charge is 0.399 e. The highest BCUT2D eigenvalue weighted by Gasteiger charge is 2.20. The fourth-order valence-electron chi connectivity index (χ4n) is 2.07. The predicted octanol–water partition coefficient (Wildman–Crippen LogP) is 2.93. The molecule has 0 atom stereocenters. The number of hydrogen-bond acceptors (Lipinski definition) is 2. The van der Waals surface area contributed by atoms with Crippen LogP contribution in [0.15, 0.2) is 36.7 Å². The minimum atomic E-state index is 0.799. The van der Waals surface area contributed by atoms with Gasteiger partial charge >= 0.3 is 0 Å². The second kappa shape index (κ2) is 4.24. The summed E-state index contributed by atoms with van der Waals surface area (Å²) in [5.41, 5.74) is 8.87. The number of anilines is 1. The van der Waals surface area contributed by atoms with Crippen molar-refractivity contribution in [2.45, 2.75) is 25.8 Å². The van der Waals surface area contributed by atoms with Crippen LogP contribution in [0.3, 0.4) is 0 Å². The smallest absolute Gasteiger partial charge is 0.0568 e. The van der Waals surface area contributed by atoms with E-state index in [0.29, 0.717) is 0 Å². The lowest BCUT2D eigenvalue weighted by atomic mass is 10.1. The predicted molar refractivity (Wildman–Crippen MR) is 69.4 cm³/mol. The number of aryl methyl sites for hydroxylation is 1. The molecule has 1 aromatic heterocycles. The molecule has 17 heavy (non-hydrogen) atoms. The Labute approximate surface area is 101 Å². The third-order valence-electron chi connectivity index (χ3n) is 3.32. The SMILES string of the molecule is Nc1cccc(-c2cnn(CCC3CC3)c2)c1. The summed E-state index contributed by atoms with van der Waals surface area (Å²) >= 11 is 0. The molecule has 3 rings (SSSR count). The Morgan fingerprint density at radius 2 is 2.18 bits per heavy atom. The van der Waals surface area contributed by atoms with Crippen molar-refractivity contribution >= 4 is 5.69 Å². The lowest BCUT2D eigenvalue weighted by Crippen LogP contribution is -1.98. The standard InChI is InChI=1S/C14H17N3/c15-14-3-1-2-12(8-14)13-9-16-17(10-13)7-6-11-4-5-11/h1-3,8-11H,4-7,15H2. The Balaban J connectivity index is 1.74. The molecule has 3 heteroatoms. The summed E-state index contributed by atoms with van der Waals surface area (Å²) in [7, 11) is 0. The molecular weight excluding hydrogens is 210 g/mol. The van der Waals surface area contributed by atoms with Crippen molar-refractivity contribution in [2.75, 3.05) is 5.73 Å². The van der Waals surface area contributed by atoms with Crippen LogP contribution in [0.4, 0.5) is 5.69 Å². The molecule has 88 valence electrons. The van der Waals surface area contributed by atoms with Gasteiger partial charge in [0.2, 0.25) is 0 Å². The zero-order valence-electron chi connectivity index (χ0n) is 9.84. The first-order valence-corrected chi connectivity index (χ1v) is 6.19. The molecule has 2 N–H and O–H groups in total. The van der Waals surface area contributed by atoms with E-state index in [2.05, 4.69) is 17.4 Å². The number of aromatic nitrogens is 2. The third kappa shape index (κ3) is 2.49. The lowest BCUT2D eigenvalue weighted by Gasteiger charge is -2.00. The maximum Gasteiger partial charge on any atom is 0.0568 e. The molecule has 0 saturated heterocycles. The van der Waals surface area contributed by atoms with Gasteiger partial charge in [-0.05, 0) is 30.0 Å². The molecule has 0 bridgehead atoms. The summed E-state index contributed by atoms with van der Waals surface area (Å²) in [4.78, 5) is 0. The van der Waals surface area contributed by atoms with Crippen LogP contribution in [0.1, 0.15) is 19.3 Å². The minimum Gasteiger partial charge on any atom is -0.399 e. The number of nitrogens with zero attached hydrogens (tertiary/aromatic N) is 2. The molecule has 1 aliphatic carbocycles. The highest BCUT2D eigenvalue weighted by Crippen LogP contribution is 2.32. The van der Waals surface area contributed by atoms with E-state index < -0.39 is 0 Å². The molecule has 0 aliphatic heterocycles. The minimum absolute atomic E-state index is 0.799. The Bertz CT molecular complexity index is 512. The second-order valence-electron chi connectivity index (χ2n) is 4.85. The maximum atomic E-state index is 5.78. The highest BCUT2D eigenvalue weighted by atomic mass is 15.3. The zero-order chi connectivity index (χ0) is 11.7. The molecule has 3 nitrogen and oxygen atoms in total. The van der Waals surface area contributed by atoms with Crippen molar-refractivity contribution in [3.05, 3.63) is 36.7 Å². The number of rotatable bonds is 4. The van der Waals surface area contributed by atoms with Gasteiger partial charge in [-0.1, -0.05) is 25.0 Å². The van der Waals surface area contributed by atoms with E-state index in [1.807, 2.05) is 29.1 Å². The van der Waals surface area contributed by atoms with Crippen molar-refractivity contribution in [2.24, 2.45) is 5.92 Å². The number of nitrogen functional groups attached to an aromatic ring is 1. The average molecular weight is 227 g/mol. The van der Waals surface area contributed by atoms with Crippen LogP contribution in [0, 0.1) is 5.92 Å². The molecular formula is C14H17N3. The third-order valence-corrected chi connectivity index (χ3v) is 3.32. The van der Waals surface area contributed by atoms with Crippen molar-refractivity contribution in [1.29, 1.82) is 0 Å². The van der Waals surface area contributed by atoms with Crippen molar-refractivity contribution in [3.63, 3.8) is 0 Å². The first kappa shape index (κ1) is 10.4. The van der Waals surface area contributed by atoms with Gasteiger partial charge in [-0.2, -0.15) is 5.10 Å². The average Bonchev–Trinajstić information content (AvgIpc) is 3.04. The summed E-state index contributed by atoms with van der Waals surface area (Å²) in [6.45, 7) is 1.03. The monoisotopic (exact) mass is 227 g/mol. The Hall–Kier alpha value is -1.77. The maximum absolute atomic E-state index is 5.78. The Kier molecular flexibility index (Phi) is 2.59.